The Kier molecular flexibility index (Phi) is 3.22. The van der Waals surface area contributed by atoms with Gasteiger partial charge in [-0.15, -0.1) is 0 Å². The summed E-state index contributed by atoms with van der Waals surface area (Å²) in [5.74, 6) is 1.72. The molecule has 0 atom stereocenters. The minimum absolute atomic E-state index is 0.727. The molecule has 0 amide bonds. The predicted molar refractivity (Wildman–Crippen MR) is 59.5 cm³/mol. The Bertz CT molecular complexity index is 313. The van der Waals surface area contributed by atoms with Crippen LogP contribution in [0.3, 0.4) is 0 Å². The van der Waals surface area contributed by atoms with Gasteiger partial charge in [0, 0.05) is 19.8 Å². The average Bonchev–Trinajstić information content (AvgIpc) is 2.94. The molecule has 82 valence electrons. The summed E-state index contributed by atoms with van der Waals surface area (Å²) >= 11 is 0. The lowest BCUT2D eigenvalue weighted by Gasteiger charge is -2.10. The third-order valence-corrected chi connectivity index (χ3v) is 2.48. The lowest BCUT2D eigenvalue weighted by atomic mass is 10.4. The summed E-state index contributed by atoms with van der Waals surface area (Å²) in [5, 5.41) is 13.3. The Labute approximate surface area is 89.4 Å². The molecule has 0 aromatic carbocycles. The second-order valence-electron chi connectivity index (χ2n) is 3.83. The van der Waals surface area contributed by atoms with Gasteiger partial charge >= 0.3 is 0 Å². The molecule has 0 bridgehead atoms. The first-order valence-corrected chi connectivity index (χ1v) is 5.31. The molecule has 1 heterocycles. The van der Waals surface area contributed by atoms with E-state index in [4.69, 9.17) is 0 Å². The van der Waals surface area contributed by atoms with E-state index in [-0.39, 0.29) is 0 Å². The second kappa shape index (κ2) is 4.82. The molecule has 0 saturated heterocycles. The molecular weight excluding hydrogens is 190 g/mol. The van der Waals surface area contributed by atoms with E-state index in [1.807, 2.05) is 6.07 Å². The molecule has 0 radical (unpaired) electrons. The van der Waals surface area contributed by atoms with Gasteiger partial charge in [-0.2, -0.15) is 5.10 Å². The van der Waals surface area contributed by atoms with Crippen LogP contribution in [0.25, 0.3) is 0 Å². The average molecular weight is 207 g/mol. The molecule has 1 aliphatic rings. The summed E-state index contributed by atoms with van der Waals surface area (Å²) in [6, 6.07) is 1.95. The SMILES string of the molecule is CN=C(NCc1ccn[nH]1)NCC1CC1. The Hall–Kier alpha value is -1.52. The number of aromatic nitrogens is 2. The van der Waals surface area contributed by atoms with E-state index < -0.39 is 0 Å². The molecule has 1 aliphatic carbocycles. The number of nitrogens with one attached hydrogen (secondary N) is 3. The topological polar surface area (TPSA) is 65.1 Å². The van der Waals surface area contributed by atoms with Crippen LogP contribution in [0.1, 0.15) is 18.5 Å². The normalized spacial score (nSPS) is 16.5. The lowest BCUT2D eigenvalue weighted by Crippen LogP contribution is -2.37. The number of aliphatic imine (C=N–C) groups is 1. The quantitative estimate of drug-likeness (QED) is 0.497. The molecule has 1 aromatic heterocycles. The van der Waals surface area contributed by atoms with Crippen LogP contribution in [0.4, 0.5) is 0 Å². The van der Waals surface area contributed by atoms with Crippen molar-refractivity contribution in [1.82, 2.24) is 20.8 Å². The van der Waals surface area contributed by atoms with Crippen LogP contribution in [-0.2, 0) is 6.54 Å². The van der Waals surface area contributed by atoms with Crippen molar-refractivity contribution < 1.29 is 0 Å². The van der Waals surface area contributed by atoms with Crippen LogP contribution in [0.2, 0.25) is 0 Å². The number of hydrogen-bond acceptors (Lipinski definition) is 2. The van der Waals surface area contributed by atoms with Gasteiger partial charge in [-0.1, -0.05) is 0 Å². The van der Waals surface area contributed by atoms with Crippen molar-refractivity contribution in [1.29, 1.82) is 0 Å². The van der Waals surface area contributed by atoms with Gasteiger partial charge in [0.05, 0.1) is 12.2 Å². The lowest BCUT2D eigenvalue weighted by molar-refractivity contribution is 0.732. The molecule has 5 heteroatoms. The standard InChI is InChI=1S/C10H17N5/c1-11-10(12-6-8-2-3-8)13-7-9-4-5-14-15-9/h4-5,8H,2-3,6-7H2,1H3,(H,14,15)(H2,11,12,13). The highest BCUT2D eigenvalue weighted by Crippen LogP contribution is 2.27. The van der Waals surface area contributed by atoms with Gasteiger partial charge in [0.2, 0.25) is 0 Å². The number of hydrogen-bond donors (Lipinski definition) is 3. The van der Waals surface area contributed by atoms with Crippen molar-refractivity contribution in [2.24, 2.45) is 10.9 Å². The van der Waals surface area contributed by atoms with Gasteiger partial charge in [0.1, 0.15) is 0 Å². The minimum atomic E-state index is 0.727. The van der Waals surface area contributed by atoms with Gasteiger partial charge in [0.15, 0.2) is 5.96 Å². The molecule has 5 nitrogen and oxygen atoms in total. The van der Waals surface area contributed by atoms with E-state index in [1.54, 1.807) is 13.2 Å². The maximum absolute atomic E-state index is 4.15. The first-order valence-electron chi connectivity index (χ1n) is 5.31. The fraction of sp³-hybridized carbons (Fsp3) is 0.600. The monoisotopic (exact) mass is 207 g/mol. The molecule has 1 saturated carbocycles. The zero-order valence-corrected chi connectivity index (χ0v) is 8.95. The molecule has 3 N–H and O–H groups in total. The third kappa shape index (κ3) is 3.27. The predicted octanol–water partition coefficient (Wildman–Crippen LogP) is 0.485. The van der Waals surface area contributed by atoms with Crippen molar-refractivity contribution in [3.05, 3.63) is 18.0 Å². The van der Waals surface area contributed by atoms with Crippen molar-refractivity contribution in [2.75, 3.05) is 13.6 Å². The van der Waals surface area contributed by atoms with Crippen LogP contribution in [0, 0.1) is 5.92 Å². The maximum atomic E-state index is 4.15. The molecule has 0 aliphatic heterocycles. The van der Waals surface area contributed by atoms with Crippen LogP contribution in [0.15, 0.2) is 17.3 Å². The van der Waals surface area contributed by atoms with Crippen LogP contribution in [0.5, 0.6) is 0 Å². The fourth-order valence-electron chi connectivity index (χ4n) is 1.35. The Morgan fingerprint density at radius 3 is 3.07 bits per heavy atom. The number of aromatic amines is 1. The summed E-state index contributed by atoms with van der Waals surface area (Å²) in [7, 11) is 1.79. The van der Waals surface area contributed by atoms with E-state index in [0.717, 1.165) is 30.7 Å². The Morgan fingerprint density at radius 2 is 2.47 bits per heavy atom. The van der Waals surface area contributed by atoms with Gasteiger partial charge in [0.25, 0.3) is 0 Å². The summed E-state index contributed by atoms with van der Waals surface area (Å²) in [6.45, 7) is 1.76. The summed E-state index contributed by atoms with van der Waals surface area (Å²) in [4.78, 5) is 4.15. The van der Waals surface area contributed by atoms with Gasteiger partial charge < -0.3 is 10.6 Å². The number of nitrogens with zero attached hydrogens (tertiary/aromatic N) is 2. The van der Waals surface area contributed by atoms with Crippen molar-refractivity contribution in [3.8, 4) is 0 Å². The highest BCUT2D eigenvalue weighted by molar-refractivity contribution is 5.79. The highest BCUT2D eigenvalue weighted by Gasteiger charge is 2.20. The van der Waals surface area contributed by atoms with Gasteiger partial charge in [-0.05, 0) is 24.8 Å². The minimum Gasteiger partial charge on any atom is -0.356 e. The first kappa shape index (κ1) is 10.0. The fourth-order valence-corrected chi connectivity index (χ4v) is 1.35. The molecule has 1 aromatic rings. The van der Waals surface area contributed by atoms with Gasteiger partial charge in [-0.25, -0.2) is 0 Å². The third-order valence-electron chi connectivity index (χ3n) is 2.48. The van der Waals surface area contributed by atoms with E-state index in [0.29, 0.717) is 0 Å². The molecule has 15 heavy (non-hydrogen) atoms. The maximum Gasteiger partial charge on any atom is 0.191 e. The summed E-state index contributed by atoms with van der Waals surface area (Å²) in [5.41, 5.74) is 1.06. The van der Waals surface area contributed by atoms with E-state index in [1.165, 1.54) is 12.8 Å². The smallest absolute Gasteiger partial charge is 0.191 e. The van der Waals surface area contributed by atoms with Crippen LogP contribution < -0.4 is 10.6 Å². The largest absolute Gasteiger partial charge is 0.356 e. The van der Waals surface area contributed by atoms with E-state index in [9.17, 15) is 0 Å². The molecule has 0 unspecified atom stereocenters. The first-order chi connectivity index (χ1) is 7.38. The Balaban J connectivity index is 1.70. The van der Waals surface area contributed by atoms with Gasteiger partial charge in [-0.3, -0.25) is 10.1 Å². The summed E-state index contributed by atoms with van der Waals surface area (Å²) in [6.07, 6.45) is 4.45. The van der Waals surface area contributed by atoms with Crippen LogP contribution in [-0.4, -0.2) is 29.7 Å². The summed E-state index contributed by atoms with van der Waals surface area (Å²) < 4.78 is 0. The molecule has 2 rings (SSSR count). The zero-order valence-electron chi connectivity index (χ0n) is 8.95. The van der Waals surface area contributed by atoms with Crippen molar-refractivity contribution >= 4 is 5.96 Å². The molecular formula is C10H17N5. The van der Waals surface area contributed by atoms with Crippen LogP contribution >= 0.6 is 0 Å². The Morgan fingerprint density at radius 1 is 1.60 bits per heavy atom. The number of rotatable bonds is 4. The number of guanidine groups is 1. The van der Waals surface area contributed by atoms with Crippen molar-refractivity contribution in [3.63, 3.8) is 0 Å². The van der Waals surface area contributed by atoms with E-state index >= 15 is 0 Å². The molecule has 1 fully saturated rings. The number of H-pyrrole nitrogens is 1. The second-order valence-corrected chi connectivity index (χ2v) is 3.83. The highest BCUT2D eigenvalue weighted by atomic mass is 15.2. The van der Waals surface area contributed by atoms with Crippen molar-refractivity contribution in [2.45, 2.75) is 19.4 Å². The van der Waals surface area contributed by atoms with E-state index in [2.05, 4.69) is 25.8 Å². The molecule has 0 spiro atoms. The zero-order chi connectivity index (χ0) is 10.5.